The van der Waals surface area contributed by atoms with E-state index >= 15 is 0 Å². The molecule has 1 aliphatic rings. The van der Waals surface area contributed by atoms with Crippen LogP contribution < -0.4 is 0 Å². The number of halogens is 2. The van der Waals surface area contributed by atoms with Gasteiger partial charge in [-0.3, -0.25) is 0 Å². The Morgan fingerprint density at radius 2 is 2.21 bits per heavy atom. The Bertz CT molecular complexity index is 336. The first-order chi connectivity index (χ1) is 6.66. The van der Waals surface area contributed by atoms with Crippen molar-refractivity contribution in [3.05, 3.63) is 34.1 Å². The van der Waals surface area contributed by atoms with Crippen LogP contribution in [0.15, 0.2) is 22.7 Å². The Kier molecular flexibility index (Phi) is 2.88. The molecule has 0 amide bonds. The summed E-state index contributed by atoms with van der Waals surface area (Å²) in [5, 5.41) is 9.69. The number of rotatable bonds is 3. The second kappa shape index (κ2) is 3.99. The van der Waals surface area contributed by atoms with E-state index in [2.05, 4.69) is 15.9 Å². The van der Waals surface area contributed by atoms with Gasteiger partial charge in [-0.25, -0.2) is 4.39 Å². The molecule has 0 radical (unpaired) electrons. The molecule has 1 aromatic rings. The maximum absolute atomic E-state index is 12.9. The zero-order valence-electron chi connectivity index (χ0n) is 7.71. The van der Waals surface area contributed by atoms with Crippen molar-refractivity contribution in [3.8, 4) is 0 Å². The molecule has 1 aromatic carbocycles. The van der Waals surface area contributed by atoms with Gasteiger partial charge in [0.2, 0.25) is 0 Å². The highest BCUT2D eigenvalue weighted by molar-refractivity contribution is 9.10. The van der Waals surface area contributed by atoms with E-state index in [-0.39, 0.29) is 11.9 Å². The third kappa shape index (κ3) is 2.34. The van der Waals surface area contributed by atoms with Gasteiger partial charge in [-0.2, -0.15) is 0 Å². The van der Waals surface area contributed by atoms with Crippen molar-refractivity contribution in [1.29, 1.82) is 0 Å². The summed E-state index contributed by atoms with van der Waals surface area (Å²) in [5.74, 6) is 0.216. The van der Waals surface area contributed by atoms with Gasteiger partial charge in [-0.1, -0.05) is 6.07 Å². The van der Waals surface area contributed by atoms with Crippen LogP contribution in [-0.2, 0) is 6.42 Å². The molecular formula is C11H12BrFO. The maximum atomic E-state index is 12.9. The number of aliphatic hydroxyl groups is 1. The average molecular weight is 259 g/mol. The molecule has 1 atom stereocenters. The average Bonchev–Trinajstić information content (AvgIpc) is 2.94. The highest BCUT2D eigenvalue weighted by Crippen LogP contribution is 2.34. The van der Waals surface area contributed by atoms with E-state index in [0.29, 0.717) is 16.8 Å². The molecule has 3 heteroatoms. The minimum Gasteiger partial charge on any atom is -0.392 e. The highest BCUT2D eigenvalue weighted by atomic mass is 79.9. The summed E-state index contributed by atoms with van der Waals surface area (Å²) in [6.45, 7) is 0. The molecule has 1 nitrogen and oxygen atoms in total. The number of hydrogen-bond acceptors (Lipinski definition) is 1. The molecule has 1 unspecified atom stereocenters. The molecule has 1 saturated carbocycles. The molecule has 0 spiro atoms. The molecule has 2 rings (SSSR count). The Morgan fingerprint density at radius 3 is 2.79 bits per heavy atom. The predicted octanol–water partition coefficient (Wildman–Crippen LogP) is 2.90. The zero-order chi connectivity index (χ0) is 10.1. The Labute approximate surface area is 91.1 Å². The van der Waals surface area contributed by atoms with Gasteiger partial charge < -0.3 is 5.11 Å². The first kappa shape index (κ1) is 10.1. The summed E-state index contributed by atoms with van der Waals surface area (Å²) >= 11 is 3.13. The summed E-state index contributed by atoms with van der Waals surface area (Å²) in [6.07, 6.45) is 2.63. The van der Waals surface area contributed by atoms with Crippen molar-refractivity contribution >= 4 is 15.9 Å². The van der Waals surface area contributed by atoms with Gasteiger partial charge >= 0.3 is 0 Å². The summed E-state index contributed by atoms with van der Waals surface area (Å²) in [7, 11) is 0. The lowest BCUT2D eigenvalue weighted by atomic mass is 10.1. The van der Waals surface area contributed by atoms with Crippen molar-refractivity contribution in [2.75, 3.05) is 0 Å². The lowest BCUT2D eigenvalue weighted by Gasteiger charge is -2.09. The fourth-order valence-corrected chi connectivity index (χ4v) is 1.98. The van der Waals surface area contributed by atoms with Crippen LogP contribution in [0.3, 0.4) is 0 Å². The number of benzene rings is 1. The standard InChI is InChI=1S/C11H12BrFO/c12-9-5-7(1-4-10(9)13)6-11(14)8-2-3-8/h1,4-5,8,11,14H,2-3,6H2. The van der Waals surface area contributed by atoms with Crippen LogP contribution in [0.4, 0.5) is 4.39 Å². The van der Waals surface area contributed by atoms with E-state index in [9.17, 15) is 9.50 Å². The fourth-order valence-electron chi connectivity index (χ4n) is 1.56. The quantitative estimate of drug-likeness (QED) is 0.884. The zero-order valence-corrected chi connectivity index (χ0v) is 9.30. The normalized spacial score (nSPS) is 18.2. The summed E-state index contributed by atoms with van der Waals surface area (Å²) in [4.78, 5) is 0. The molecule has 0 aromatic heterocycles. The van der Waals surface area contributed by atoms with Gasteiger partial charge in [-0.15, -0.1) is 0 Å². The molecule has 0 aliphatic heterocycles. The van der Waals surface area contributed by atoms with Gasteiger partial charge in [0.15, 0.2) is 0 Å². The second-order valence-corrected chi connectivity index (χ2v) is 4.71. The molecule has 1 N–H and O–H groups in total. The number of aliphatic hydroxyl groups excluding tert-OH is 1. The van der Waals surface area contributed by atoms with Crippen LogP contribution in [0.5, 0.6) is 0 Å². The third-order valence-corrected chi connectivity index (χ3v) is 3.20. The van der Waals surface area contributed by atoms with E-state index in [1.54, 1.807) is 12.1 Å². The second-order valence-electron chi connectivity index (χ2n) is 3.86. The molecule has 1 aliphatic carbocycles. The topological polar surface area (TPSA) is 20.2 Å². The molecule has 14 heavy (non-hydrogen) atoms. The molecule has 0 saturated heterocycles. The van der Waals surface area contributed by atoms with Crippen LogP contribution in [0.2, 0.25) is 0 Å². The number of hydrogen-bond donors (Lipinski definition) is 1. The summed E-state index contributed by atoms with van der Waals surface area (Å²) in [6, 6.07) is 4.89. The van der Waals surface area contributed by atoms with E-state index in [0.717, 1.165) is 18.4 Å². The van der Waals surface area contributed by atoms with Gasteiger partial charge in [0.1, 0.15) is 5.82 Å². The first-order valence-corrected chi connectivity index (χ1v) is 5.58. The lowest BCUT2D eigenvalue weighted by molar-refractivity contribution is 0.151. The first-order valence-electron chi connectivity index (χ1n) is 4.79. The Hall–Kier alpha value is -0.410. The van der Waals surface area contributed by atoms with Crippen LogP contribution in [0, 0.1) is 11.7 Å². The highest BCUT2D eigenvalue weighted by Gasteiger charge is 2.29. The van der Waals surface area contributed by atoms with Crippen LogP contribution in [0.1, 0.15) is 18.4 Å². The van der Waals surface area contributed by atoms with Crippen LogP contribution >= 0.6 is 15.9 Å². The third-order valence-electron chi connectivity index (χ3n) is 2.60. The summed E-state index contributed by atoms with van der Waals surface area (Å²) < 4.78 is 13.4. The largest absolute Gasteiger partial charge is 0.392 e. The van der Waals surface area contributed by atoms with Crippen molar-refractivity contribution in [2.24, 2.45) is 5.92 Å². The minimum atomic E-state index is -0.257. The van der Waals surface area contributed by atoms with Crippen LogP contribution in [-0.4, -0.2) is 11.2 Å². The fraction of sp³-hybridized carbons (Fsp3) is 0.455. The molecule has 76 valence electrons. The van der Waals surface area contributed by atoms with Crippen molar-refractivity contribution in [1.82, 2.24) is 0 Å². The van der Waals surface area contributed by atoms with Gasteiger partial charge in [0.25, 0.3) is 0 Å². The monoisotopic (exact) mass is 258 g/mol. The molecule has 1 fully saturated rings. The SMILES string of the molecule is OC(Cc1ccc(F)c(Br)c1)C1CC1. The predicted molar refractivity (Wildman–Crippen MR) is 56.5 cm³/mol. The van der Waals surface area contributed by atoms with E-state index in [1.165, 1.54) is 6.07 Å². The van der Waals surface area contributed by atoms with Crippen molar-refractivity contribution in [3.63, 3.8) is 0 Å². The van der Waals surface area contributed by atoms with E-state index in [4.69, 9.17) is 0 Å². The lowest BCUT2D eigenvalue weighted by Crippen LogP contribution is -2.12. The van der Waals surface area contributed by atoms with Gasteiger partial charge in [0.05, 0.1) is 10.6 Å². The smallest absolute Gasteiger partial charge is 0.137 e. The molecular weight excluding hydrogens is 247 g/mol. The van der Waals surface area contributed by atoms with Gasteiger partial charge in [-0.05, 0) is 58.8 Å². The molecule has 0 bridgehead atoms. The summed E-state index contributed by atoms with van der Waals surface area (Å²) in [5.41, 5.74) is 0.984. The van der Waals surface area contributed by atoms with Gasteiger partial charge in [0, 0.05) is 0 Å². The Morgan fingerprint density at radius 1 is 1.50 bits per heavy atom. The van der Waals surface area contributed by atoms with Crippen LogP contribution in [0.25, 0.3) is 0 Å². The maximum Gasteiger partial charge on any atom is 0.137 e. The van der Waals surface area contributed by atoms with Crippen molar-refractivity contribution in [2.45, 2.75) is 25.4 Å². The van der Waals surface area contributed by atoms with E-state index in [1.807, 2.05) is 0 Å². The molecule has 0 heterocycles. The van der Waals surface area contributed by atoms with Crippen molar-refractivity contribution < 1.29 is 9.50 Å². The van der Waals surface area contributed by atoms with E-state index < -0.39 is 0 Å². The minimum absolute atomic E-state index is 0.255. The Balaban J connectivity index is 2.04.